The van der Waals surface area contributed by atoms with Crippen LogP contribution in [0.1, 0.15) is 149 Å². The molecule has 0 aliphatic carbocycles. The zero-order valence-corrected chi connectivity index (χ0v) is 30.9. The van der Waals surface area contributed by atoms with E-state index in [1.807, 2.05) is 38.0 Å². The standard InChI is InChI=1S/C27H52N2O6.C10H22O/c1-6-7-8-9-10-11-12-13-20-32-23-21-27(35-26(31)17-15-19-29(4)5)34-24(23)22-33-25(30)16-14-18-28(2)3;1-2-3-4-5-6-7-8-9-10-11/h23-24,27H,6-22H2,1-5H3;11H,2-10H2,1H3/t23-,24-,27+;/m1./s1. The van der Waals surface area contributed by atoms with E-state index in [-0.39, 0.29) is 24.6 Å². The van der Waals surface area contributed by atoms with Gasteiger partial charge in [0.05, 0.1) is 6.10 Å². The van der Waals surface area contributed by atoms with Crippen LogP contribution >= 0.6 is 0 Å². The highest BCUT2D eigenvalue weighted by Gasteiger charge is 2.39. The second kappa shape index (κ2) is 32.3. The summed E-state index contributed by atoms with van der Waals surface area (Å²) in [5.74, 6) is -0.499. The quantitative estimate of drug-likeness (QED) is 0.0647. The highest BCUT2D eigenvalue weighted by molar-refractivity contribution is 5.69. The van der Waals surface area contributed by atoms with Crippen molar-refractivity contribution in [3.05, 3.63) is 0 Å². The van der Waals surface area contributed by atoms with Crippen molar-refractivity contribution in [2.24, 2.45) is 0 Å². The summed E-state index contributed by atoms with van der Waals surface area (Å²) < 4.78 is 23.0. The van der Waals surface area contributed by atoms with Crippen molar-refractivity contribution < 1.29 is 33.6 Å². The minimum absolute atomic E-state index is 0.123. The van der Waals surface area contributed by atoms with Gasteiger partial charge in [-0.3, -0.25) is 9.59 Å². The molecule has 1 heterocycles. The number of rotatable bonds is 29. The number of esters is 2. The van der Waals surface area contributed by atoms with Crippen molar-refractivity contribution in [2.45, 2.75) is 167 Å². The van der Waals surface area contributed by atoms with E-state index < -0.39 is 12.4 Å². The summed E-state index contributed by atoms with van der Waals surface area (Å²) in [6.45, 7) is 7.28. The lowest BCUT2D eigenvalue weighted by atomic mass is 10.1. The monoisotopic (exact) mass is 659 g/mol. The summed E-state index contributed by atoms with van der Waals surface area (Å²) >= 11 is 0. The predicted molar refractivity (Wildman–Crippen MR) is 188 cm³/mol. The SMILES string of the molecule is CCCCCCCCCCO.CCCCCCCCCCO[C@@H]1C[C@H](OC(=O)CCCN(C)C)O[C@@H]1COC(=O)CCCN(C)C. The zero-order chi connectivity index (χ0) is 34.3. The van der Waals surface area contributed by atoms with E-state index in [0.29, 0.717) is 32.5 Å². The summed E-state index contributed by atoms with van der Waals surface area (Å²) in [4.78, 5) is 28.4. The Morgan fingerprint density at radius 2 is 1.15 bits per heavy atom. The molecule has 274 valence electrons. The number of hydrogen-bond donors (Lipinski definition) is 1. The van der Waals surface area contributed by atoms with Crippen LogP contribution in [0.5, 0.6) is 0 Å². The second-order valence-electron chi connectivity index (χ2n) is 13.4. The summed E-state index contributed by atoms with van der Waals surface area (Å²) in [5.41, 5.74) is 0. The van der Waals surface area contributed by atoms with Gasteiger partial charge in [0.25, 0.3) is 0 Å². The Morgan fingerprint density at radius 1 is 0.674 bits per heavy atom. The van der Waals surface area contributed by atoms with Crippen molar-refractivity contribution in [2.75, 3.05) is 61.1 Å². The first-order valence-corrected chi connectivity index (χ1v) is 18.8. The van der Waals surface area contributed by atoms with Crippen molar-refractivity contribution in [3.8, 4) is 0 Å². The van der Waals surface area contributed by atoms with Gasteiger partial charge in [-0.25, -0.2) is 0 Å². The lowest BCUT2D eigenvalue weighted by molar-refractivity contribution is -0.181. The number of unbranched alkanes of at least 4 members (excludes halogenated alkanes) is 14. The van der Waals surface area contributed by atoms with Gasteiger partial charge >= 0.3 is 11.9 Å². The maximum Gasteiger partial charge on any atom is 0.308 e. The highest BCUT2D eigenvalue weighted by Crippen LogP contribution is 2.26. The van der Waals surface area contributed by atoms with Gasteiger partial charge in [-0.2, -0.15) is 0 Å². The van der Waals surface area contributed by atoms with E-state index in [1.54, 1.807) is 0 Å². The first kappa shape index (κ1) is 44.7. The first-order chi connectivity index (χ1) is 22.2. The molecule has 1 aliphatic heterocycles. The fraction of sp³-hybridized carbons (Fsp3) is 0.946. The maximum atomic E-state index is 12.2. The third-order valence-corrected chi connectivity index (χ3v) is 8.15. The van der Waals surface area contributed by atoms with Crippen molar-refractivity contribution >= 4 is 11.9 Å². The van der Waals surface area contributed by atoms with E-state index in [1.165, 1.54) is 83.5 Å². The molecular weight excluding hydrogens is 584 g/mol. The average Bonchev–Trinajstić information content (AvgIpc) is 3.39. The highest BCUT2D eigenvalue weighted by atomic mass is 16.7. The molecule has 0 unspecified atom stereocenters. The minimum atomic E-state index is -0.650. The fourth-order valence-corrected chi connectivity index (χ4v) is 5.33. The Morgan fingerprint density at radius 3 is 1.65 bits per heavy atom. The van der Waals surface area contributed by atoms with Crippen LogP contribution in [0.2, 0.25) is 0 Å². The predicted octanol–water partition coefficient (Wildman–Crippen LogP) is 7.52. The van der Waals surface area contributed by atoms with Crippen LogP contribution in [0.3, 0.4) is 0 Å². The molecule has 3 atom stereocenters. The van der Waals surface area contributed by atoms with Crippen LogP contribution in [-0.4, -0.2) is 106 Å². The van der Waals surface area contributed by atoms with Gasteiger partial charge in [0.15, 0.2) is 0 Å². The van der Waals surface area contributed by atoms with E-state index >= 15 is 0 Å². The molecule has 0 aromatic carbocycles. The number of nitrogens with zero attached hydrogens (tertiary/aromatic N) is 2. The Labute approximate surface area is 283 Å². The molecule has 1 saturated heterocycles. The number of carbonyl (C=O) groups is 2. The van der Waals surface area contributed by atoms with Gasteiger partial charge in [-0.05, 0) is 67.0 Å². The summed E-state index contributed by atoms with van der Waals surface area (Å²) in [6.07, 6.45) is 21.7. The number of hydrogen-bond acceptors (Lipinski definition) is 9. The van der Waals surface area contributed by atoms with Crippen LogP contribution in [0.4, 0.5) is 0 Å². The average molecular weight is 659 g/mol. The number of aliphatic hydroxyl groups is 1. The van der Waals surface area contributed by atoms with Gasteiger partial charge in [0.2, 0.25) is 6.29 Å². The molecule has 0 radical (unpaired) electrons. The summed E-state index contributed by atoms with van der Waals surface area (Å²) in [6, 6.07) is 0. The van der Waals surface area contributed by atoms with Crippen molar-refractivity contribution in [1.29, 1.82) is 0 Å². The van der Waals surface area contributed by atoms with Crippen LogP contribution in [0.25, 0.3) is 0 Å². The van der Waals surface area contributed by atoms with Gasteiger partial charge in [0, 0.05) is 32.5 Å². The second-order valence-corrected chi connectivity index (χ2v) is 13.4. The molecule has 0 bridgehead atoms. The zero-order valence-electron chi connectivity index (χ0n) is 30.9. The van der Waals surface area contributed by atoms with Gasteiger partial charge in [-0.1, -0.05) is 104 Å². The molecule has 1 N–H and O–H groups in total. The maximum absolute atomic E-state index is 12.2. The van der Waals surface area contributed by atoms with Gasteiger partial charge in [-0.15, -0.1) is 0 Å². The summed E-state index contributed by atoms with van der Waals surface area (Å²) in [7, 11) is 7.92. The fourth-order valence-electron chi connectivity index (χ4n) is 5.33. The van der Waals surface area contributed by atoms with Gasteiger partial charge in [0.1, 0.15) is 12.7 Å². The minimum Gasteiger partial charge on any atom is -0.463 e. The molecule has 46 heavy (non-hydrogen) atoms. The number of ether oxygens (including phenoxy) is 4. The molecule has 0 amide bonds. The van der Waals surface area contributed by atoms with E-state index in [4.69, 9.17) is 24.1 Å². The molecule has 1 rings (SSSR count). The first-order valence-electron chi connectivity index (χ1n) is 18.8. The topological polar surface area (TPSA) is 97.8 Å². The molecule has 9 heteroatoms. The Bertz CT molecular complexity index is 685. The van der Waals surface area contributed by atoms with Gasteiger partial charge < -0.3 is 33.9 Å². The Kier molecular flexibility index (Phi) is 31.4. The molecule has 0 aromatic rings. The summed E-state index contributed by atoms with van der Waals surface area (Å²) in [5, 5.41) is 8.51. The largest absolute Gasteiger partial charge is 0.463 e. The van der Waals surface area contributed by atoms with E-state index in [0.717, 1.165) is 45.2 Å². The van der Waals surface area contributed by atoms with E-state index in [9.17, 15) is 9.59 Å². The Hall–Kier alpha value is -1.26. The third-order valence-electron chi connectivity index (χ3n) is 8.15. The molecule has 0 aromatic heterocycles. The van der Waals surface area contributed by atoms with E-state index in [2.05, 4.69) is 13.8 Å². The lowest BCUT2D eigenvalue weighted by Crippen LogP contribution is -2.31. The normalized spacial score (nSPS) is 17.7. The third kappa shape index (κ3) is 28.9. The lowest BCUT2D eigenvalue weighted by Gasteiger charge is -2.19. The van der Waals surface area contributed by atoms with Crippen LogP contribution < -0.4 is 0 Å². The number of aliphatic hydroxyl groups excluding tert-OH is 1. The molecular formula is C37H74N2O7. The molecule has 1 fully saturated rings. The molecule has 0 spiro atoms. The van der Waals surface area contributed by atoms with Crippen LogP contribution in [0, 0.1) is 0 Å². The molecule has 1 aliphatic rings. The van der Waals surface area contributed by atoms with Crippen molar-refractivity contribution in [3.63, 3.8) is 0 Å². The van der Waals surface area contributed by atoms with Crippen molar-refractivity contribution in [1.82, 2.24) is 9.80 Å². The van der Waals surface area contributed by atoms with Crippen LogP contribution in [-0.2, 0) is 28.5 Å². The number of carbonyl (C=O) groups excluding carboxylic acids is 2. The molecule has 0 saturated carbocycles. The molecule has 9 nitrogen and oxygen atoms in total. The smallest absolute Gasteiger partial charge is 0.308 e. The Balaban J connectivity index is 0.00000156. The van der Waals surface area contributed by atoms with Crippen LogP contribution in [0.15, 0.2) is 0 Å².